The van der Waals surface area contributed by atoms with Crippen molar-refractivity contribution in [2.75, 3.05) is 0 Å². The maximum absolute atomic E-state index is 4.45. The Bertz CT molecular complexity index is 2300. The van der Waals surface area contributed by atoms with Gasteiger partial charge in [0.1, 0.15) is 5.69 Å². The van der Waals surface area contributed by atoms with Gasteiger partial charge in [-0.15, -0.1) is 90.0 Å². The molecule has 0 bridgehead atoms. The van der Waals surface area contributed by atoms with Gasteiger partial charge in [-0.2, -0.15) is 0 Å². The first-order valence-electron chi connectivity index (χ1n) is 16.9. The van der Waals surface area contributed by atoms with Crippen molar-refractivity contribution in [2.24, 2.45) is 5.92 Å². The first-order valence-corrected chi connectivity index (χ1v) is 16.9. The standard InChI is InChI=1S/C21H19N2.C13H12N.C12H10N.Ir/c1-15(2)14-23-20-9-4-3-7-17(20)18-13-16(10-11-21(18)23)19-8-5-6-12-22-19;1-11-7-6-10-13(14(11)2)12-8-4-3-5-9-12;1-10-6-5-9-12(13-10)11-7-3-2-4-8-11;/h3-9,11-13,15H,14H2,1-2H3;3-8,10H,2H2,1H3;2-7,9H,1H3;/q3*-1;. The van der Waals surface area contributed by atoms with Crippen LogP contribution in [0.4, 0.5) is 0 Å². The van der Waals surface area contributed by atoms with Gasteiger partial charge in [0.2, 0.25) is 0 Å². The Hall–Kier alpha value is -5.35. The molecule has 4 aromatic carbocycles. The van der Waals surface area contributed by atoms with Crippen LogP contribution in [-0.4, -0.2) is 14.5 Å². The van der Waals surface area contributed by atoms with Gasteiger partial charge in [-0.3, -0.25) is 0 Å². The summed E-state index contributed by atoms with van der Waals surface area (Å²) in [5, 5.41) is 2.58. The molecular weight excluding hydrogens is 801 g/mol. The predicted octanol–water partition coefficient (Wildman–Crippen LogP) is 10.6. The maximum atomic E-state index is 4.45. The second-order valence-corrected chi connectivity index (χ2v) is 12.6. The average Bonchev–Trinajstić information content (AvgIpc) is 3.46. The summed E-state index contributed by atoms with van der Waals surface area (Å²) in [4.78, 5) is 8.87. The number of benzene rings is 4. The SMILES string of the molecule is CC(C)Cn1c2c[c-]c(-c3ccccn3)cc2c2ccccc21.Cc1cccc(-c2[c-]cccc2)n1.[CH2-][n+]1c(C)cccc1-c1[c-]cccc1.[Ir]. The summed E-state index contributed by atoms with van der Waals surface area (Å²) >= 11 is 0. The van der Waals surface area contributed by atoms with Crippen LogP contribution >= 0.6 is 0 Å². The molecule has 8 aromatic rings. The van der Waals surface area contributed by atoms with E-state index in [1.165, 1.54) is 21.8 Å². The summed E-state index contributed by atoms with van der Waals surface area (Å²) in [7, 11) is 3.99. The molecule has 4 heterocycles. The number of aryl methyl sites for hydroxylation is 2. The Morgan fingerprint density at radius 1 is 0.667 bits per heavy atom. The molecule has 0 amide bonds. The third-order valence-corrected chi connectivity index (χ3v) is 8.36. The van der Waals surface area contributed by atoms with Crippen molar-refractivity contribution >= 4 is 21.8 Å². The summed E-state index contributed by atoms with van der Waals surface area (Å²) in [5.41, 5.74) is 10.9. The fourth-order valence-electron chi connectivity index (χ4n) is 5.90. The molecule has 0 atom stereocenters. The van der Waals surface area contributed by atoms with E-state index < -0.39 is 0 Å². The number of pyridine rings is 3. The van der Waals surface area contributed by atoms with E-state index >= 15 is 0 Å². The van der Waals surface area contributed by atoms with Crippen LogP contribution in [-0.2, 0) is 26.7 Å². The third-order valence-electron chi connectivity index (χ3n) is 8.36. The smallest absolute Gasteiger partial charge is 0.115 e. The molecule has 0 fully saturated rings. The Kier molecular flexibility index (Phi) is 12.7. The van der Waals surface area contributed by atoms with Gasteiger partial charge < -0.3 is 19.1 Å². The van der Waals surface area contributed by atoms with Gasteiger partial charge in [0.25, 0.3) is 0 Å². The molecule has 0 saturated carbocycles. The van der Waals surface area contributed by atoms with E-state index in [0.717, 1.165) is 51.7 Å². The van der Waals surface area contributed by atoms with Crippen LogP contribution in [0.3, 0.4) is 0 Å². The summed E-state index contributed by atoms with van der Waals surface area (Å²) in [6.45, 7) is 9.56. The minimum absolute atomic E-state index is 0. The van der Waals surface area contributed by atoms with Gasteiger partial charge in [-0.25, -0.2) is 0 Å². The van der Waals surface area contributed by atoms with Crippen molar-refractivity contribution in [2.45, 2.75) is 34.2 Å². The Balaban J connectivity index is 0.000000156. The van der Waals surface area contributed by atoms with Crippen molar-refractivity contribution in [3.05, 3.63) is 182 Å². The van der Waals surface area contributed by atoms with Crippen molar-refractivity contribution in [3.8, 4) is 33.8 Å². The quantitative estimate of drug-likeness (QED) is 0.128. The van der Waals surface area contributed by atoms with E-state index in [1.54, 1.807) is 0 Å². The molecular formula is C46H41IrN4-3. The molecule has 0 aliphatic carbocycles. The van der Waals surface area contributed by atoms with Crippen LogP contribution in [0, 0.1) is 45.0 Å². The van der Waals surface area contributed by atoms with Crippen LogP contribution < -0.4 is 4.57 Å². The van der Waals surface area contributed by atoms with Crippen LogP contribution in [0.2, 0.25) is 0 Å². The number of hydrogen-bond acceptors (Lipinski definition) is 2. The largest absolute Gasteiger partial charge is 0.380 e. The molecule has 8 rings (SSSR count). The van der Waals surface area contributed by atoms with E-state index in [9.17, 15) is 0 Å². The van der Waals surface area contributed by atoms with Crippen LogP contribution in [0.15, 0.2) is 146 Å². The first-order chi connectivity index (χ1) is 24.4. The maximum Gasteiger partial charge on any atom is 0.115 e. The zero-order valence-electron chi connectivity index (χ0n) is 29.5. The van der Waals surface area contributed by atoms with Crippen LogP contribution in [0.25, 0.3) is 55.6 Å². The van der Waals surface area contributed by atoms with Crippen molar-refractivity contribution in [3.63, 3.8) is 0 Å². The first kappa shape index (κ1) is 36.9. The fourth-order valence-corrected chi connectivity index (χ4v) is 5.90. The molecule has 0 aliphatic rings. The Morgan fingerprint density at radius 2 is 1.35 bits per heavy atom. The molecule has 0 saturated heterocycles. The molecule has 0 N–H and O–H groups in total. The van der Waals surface area contributed by atoms with E-state index in [2.05, 4.69) is 90.0 Å². The Labute approximate surface area is 315 Å². The third kappa shape index (κ3) is 9.07. The van der Waals surface area contributed by atoms with Crippen LogP contribution in [0.5, 0.6) is 0 Å². The van der Waals surface area contributed by atoms with E-state index in [4.69, 9.17) is 0 Å². The van der Waals surface area contributed by atoms with Gasteiger partial charge in [-0.1, -0.05) is 79.4 Å². The molecule has 257 valence electrons. The predicted molar refractivity (Wildman–Crippen MR) is 206 cm³/mol. The average molecular weight is 842 g/mol. The molecule has 51 heavy (non-hydrogen) atoms. The monoisotopic (exact) mass is 842 g/mol. The van der Waals surface area contributed by atoms with E-state index in [1.807, 2.05) is 128 Å². The summed E-state index contributed by atoms with van der Waals surface area (Å²) < 4.78 is 4.33. The van der Waals surface area contributed by atoms with Gasteiger partial charge in [0, 0.05) is 51.1 Å². The molecule has 0 spiro atoms. The second-order valence-electron chi connectivity index (χ2n) is 12.6. The molecule has 4 aromatic heterocycles. The molecule has 5 heteroatoms. The second kappa shape index (κ2) is 17.5. The van der Waals surface area contributed by atoms with Crippen LogP contribution in [0.1, 0.15) is 25.2 Å². The molecule has 0 unspecified atom stereocenters. The normalized spacial score (nSPS) is 10.5. The van der Waals surface area contributed by atoms with Crippen molar-refractivity contribution in [1.82, 2.24) is 14.5 Å². The number of aromatic nitrogens is 4. The topological polar surface area (TPSA) is 34.6 Å². The van der Waals surface area contributed by atoms with Crippen molar-refractivity contribution in [1.29, 1.82) is 0 Å². The fraction of sp³-hybridized carbons (Fsp3) is 0.130. The van der Waals surface area contributed by atoms with Gasteiger partial charge >= 0.3 is 0 Å². The van der Waals surface area contributed by atoms with Gasteiger partial charge in [-0.05, 0) is 66.3 Å². The zero-order valence-corrected chi connectivity index (χ0v) is 31.9. The zero-order chi connectivity index (χ0) is 34.9. The minimum Gasteiger partial charge on any atom is -0.380 e. The number of hydrogen-bond donors (Lipinski definition) is 0. The van der Waals surface area contributed by atoms with E-state index in [0.29, 0.717) is 5.92 Å². The summed E-state index contributed by atoms with van der Waals surface area (Å²) in [5.74, 6) is 0.601. The summed E-state index contributed by atoms with van der Waals surface area (Å²) in [6, 6.07) is 56.6. The number of fused-ring (bicyclic) bond motifs is 3. The minimum atomic E-state index is 0. The summed E-state index contributed by atoms with van der Waals surface area (Å²) in [6.07, 6.45) is 1.83. The van der Waals surface area contributed by atoms with E-state index in [-0.39, 0.29) is 20.1 Å². The number of para-hydroxylation sites is 1. The molecule has 1 radical (unpaired) electrons. The van der Waals surface area contributed by atoms with Crippen molar-refractivity contribution < 1.29 is 24.7 Å². The molecule has 0 aliphatic heterocycles. The van der Waals surface area contributed by atoms with Gasteiger partial charge in [0.15, 0.2) is 0 Å². The number of rotatable bonds is 5. The Morgan fingerprint density at radius 3 is 2.04 bits per heavy atom. The number of nitrogens with zero attached hydrogens (tertiary/aromatic N) is 4. The van der Waals surface area contributed by atoms with Gasteiger partial charge in [0.05, 0.1) is 5.69 Å². The molecule has 4 nitrogen and oxygen atoms in total.